The average Bonchev–Trinajstić information content (AvgIpc) is 3.17. The Labute approximate surface area is 180 Å². The lowest BCUT2D eigenvalue weighted by Crippen LogP contribution is -2.50. The molecule has 4 rings (SSSR count). The summed E-state index contributed by atoms with van der Waals surface area (Å²) in [6, 6.07) is 9.41. The second-order valence-corrected chi connectivity index (χ2v) is 9.26. The van der Waals surface area contributed by atoms with Crippen LogP contribution in [0.1, 0.15) is 5.56 Å². The molecule has 31 heavy (non-hydrogen) atoms. The molecule has 0 saturated carbocycles. The zero-order chi connectivity index (χ0) is 22.0. The monoisotopic (exact) mass is 443 g/mol. The van der Waals surface area contributed by atoms with E-state index in [0.29, 0.717) is 16.8 Å². The van der Waals surface area contributed by atoms with Gasteiger partial charge in [0.25, 0.3) is 0 Å². The highest BCUT2D eigenvalue weighted by Crippen LogP contribution is 2.28. The Morgan fingerprint density at radius 2 is 1.90 bits per heavy atom. The minimum Gasteiger partial charge on any atom is -0.340 e. The Kier molecular flexibility index (Phi) is 5.84. The Morgan fingerprint density at radius 3 is 2.58 bits per heavy atom. The molecule has 1 amide bonds. The van der Waals surface area contributed by atoms with Crippen LogP contribution in [0.4, 0.5) is 4.39 Å². The SMILES string of the molecule is Cn1cc(S(=O)(=O)N2CCN(C(=O)Cc3cccc(F)c3)CC2)c(-c2cccnc2)n1. The quantitative estimate of drug-likeness (QED) is 0.599. The number of aryl methyl sites for hydroxylation is 1. The fraction of sp³-hybridized carbons (Fsp3) is 0.286. The lowest BCUT2D eigenvalue weighted by Gasteiger charge is -2.34. The molecule has 1 fully saturated rings. The Hall–Kier alpha value is -3.11. The number of aromatic nitrogens is 3. The van der Waals surface area contributed by atoms with Crippen molar-refractivity contribution < 1.29 is 17.6 Å². The third-order valence-electron chi connectivity index (χ3n) is 5.18. The van der Waals surface area contributed by atoms with Gasteiger partial charge in [-0.25, -0.2) is 12.8 Å². The number of carbonyl (C=O) groups excluding carboxylic acids is 1. The molecule has 162 valence electrons. The van der Waals surface area contributed by atoms with Crippen molar-refractivity contribution in [1.82, 2.24) is 24.0 Å². The number of hydrogen-bond donors (Lipinski definition) is 0. The van der Waals surface area contributed by atoms with Crippen LogP contribution in [0.2, 0.25) is 0 Å². The number of carbonyl (C=O) groups is 1. The number of nitrogens with zero attached hydrogens (tertiary/aromatic N) is 5. The highest BCUT2D eigenvalue weighted by Gasteiger charge is 2.33. The maximum atomic E-state index is 13.4. The molecule has 3 heterocycles. The highest BCUT2D eigenvalue weighted by molar-refractivity contribution is 7.89. The van der Waals surface area contributed by atoms with Crippen molar-refractivity contribution in [3.8, 4) is 11.3 Å². The maximum Gasteiger partial charge on any atom is 0.246 e. The van der Waals surface area contributed by atoms with Crippen molar-refractivity contribution in [2.45, 2.75) is 11.3 Å². The van der Waals surface area contributed by atoms with Gasteiger partial charge in [0.05, 0.1) is 6.42 Å². The zero-order valence-corrected chi connectivity index (χ0v) is 17.8. The van der Waals surface area contributed by atoms with Crippen molar-refractivity contribution in [3.05, 3.63) is 66.4 Å². The summed E-state index contributed by atoms with van der Waals surface area (Å²) in [5, 5.41) is 4.31. The summed E-state index contributed by atoms with van der Waals surface area (Å²) in [7, 11) is -2.13. The van der Waals surface area contributed by atoms with Gasteiger partial charge in [-0.3, -0.25) is 14.5 Å². The number of benzene rings is 1. The van der Waals surface area contributed by atoms with E-state index in [0.717, 1.165) is 0 Å². The Balaban J connectivity index is 1.47. The van der Waals surface area contributed by atoms with Crippen molar-refractivity contribution in [3.63, 3.8) is 0 Å². The summed E-state index contributed by atoms with van der Waals surface area (Å²) < 4.78 is 42.8. The van der Waals surface area contributed by atoms with Gasteiger partial charge in [-0.2, -0.15) is 9.40 Å². The van der Waals surface area contributed by atoms with Crippen LogP contribution in [0.15, 0.2) is 59.9 Å². The van der Waals surface area contributed by atoms with Gasteiger partial charge in [0.1, 0.15) is 16.4 Å². The van der Waals surface area contributed by atoms with Gasteiger partial charge in [0.15, 0.2) is 0 Å². The van der Waals surface area contributed by atoms with Gasteiger partial charge in [0.2, 0.25) is 15.9 Å². The molecule has 8 nitrogen and oxygen atoms in total. The number of pyridine rings is 1. The van der Waals surface area contributed by atoms with E-state index in [1.54, 1.807) is 48.6 Å². The van der Waals surface area contributed by atoms with Crippen molar-refractivity contribution in [2.24, 2.45) is 7.05 Å². The lowest BCUT2D eigenvalue weighted by molar-refractivity contribution is -0.131. The van der Waals surface area contributed by atoms with Crippen LogP contribution < -0.4 is 0 Å². The van der Waals surface area contributed by atoms with Crippen LogP contribution in [-0.4, -0.2) is 64.5 Å². The summed E-state index contributed by atoms with van der Waals surface area (Å²) in [5.41, 5.74) is 1.56. The van der Waals surface area contributed by atoms with Crippen LogP contribution in [0.3, 0.4) is 0 Å². The van der Waals surface area contributed by atoms with E-state index in [4.69, 9.17) is 0 Å². The molecule has 0 atom stereocenters. The van der Waals surface area contributed by atoms with Gasteiger partial charge in [-0.15, -0.1) is 0 Å². The topological polar surface area (TPSA) is 88.4 Å². The number of halogens is 1. The molecule has 0 N–H and O–H groups in total. The lowest BCUT2D eigenvalue weighted by atomic mass is 10.1. The van der Waals surface area contributed by atoms with Gasteiger partial charge < -0.3 is 4.90 Å². The molecule has 0 bridgehead atoms. The maximum absolute atomic E-state index is 13.4. The van der Waals surface area contributed by atoms with E-state index >= 15 is 0 Å². The van der Waals surface area contributed by atoms with Crippen LogP contribution >= 0.6 is 0 Å². The van der Waals surface area contributed by atoms with E-state index in [1.807, 2.05) is 0 Å². The first-order valence-electron chi connectivity index (χ1n) is 9.81. The molecule has 0 spiro atoms. The van der Waals surface area contributed by atoms with Crippen molar-refractivity contribution in [1.29, 1.82) is 0 Å². The van der Waals surface area contributed by atoms with Crippen LogP contribution in [0, 0.1) is 5.82 Å². The fourth-order valence-electron chi connectivity index (χ4n) is 3.61. The number of piperazine rings is 1. The minimum atomic E-state index is -3.80. The first-order valence-corrected chi connectivity index (χ1v) is 11.2. The number of hydrogen-bond acceptors (Lipinski definition) is 5. The molecular weight excluding hydrogens is 421 g/mol. The standard InChI is InChI=1S/C21H22FN5O3S/c1-25-15-19(21(24-25)17-5-3-7-23-14-17)31(29,30)27-10-8-26(9-11-27)20(28)13-16-4-2-6-18(22)12-16/h2-7,12,14-15H,8-11,13H2,1H3. The van der Waals surface area contributed by atoms with E-state index in [-0.39, 0.29) is 49.2 Å². The molecule has 1 aromatic carbocycles. The highest BCUT2D eigenvalue weighted by atomic mass is 32.2. The molecule has 10 heteroatoms. The largest absolute Gasteiger partial charge is 0.340 e. The number of amides is 1. The first kappa shape index (κ1) is 21.1. The molecular formula is C21H22FN5O3S. The smallest absolute Gasteiger partial charge is 0.246 e. The molecule has 1 aliphatic heterocycles. The molecule has 0 unspecified atom stereocenters. The van der Waals surface area contributed by atoms with Gasteiger partial charge in [-0.05, 0) is 29.8 Å². The summed E-state index contributed by atoms with van der Waals surface area (Å²) in [6.07, 6.45) is 4.75. The third kappa shape index (κ3) is 4.49. The minimum absolute atomic E-state index is 0.0816. The summed E-state index contributed by atoms with van der Waals surface area (Å²) in [6.45, 7) is 0.906. The Morgan fingerprint density at radius 1 is 1.13 bits per heavy atom. The van der Waals surface area contributed by atoms with Gasteiger partial charge >= 0.3 is 0 Å². The van der Waals surface area contributed by atoms with Crippen LogP contribution in [-0.2, 0) is 28.3 Å². The Bertz CT molecular complexity index is 1190. The fourth-order valence-corrected chi connectivity index (χ4v) is 5.22. The normalized spacial score (nSPS) is 15.2. The molecule has 2 aromatic heterocycles. The molecule has 3 aromatic rings. The first-order chi connectivity index (χ1) is 14.8. The number of rotatable bonds is 5. The summed E-state index contributed by atoms with van der Waals surface area (Å²) in [4.78, 5) is 18.3. The van der Waals surface area contributed by atoms with Gasteiger partial charge in [0, 0.05) is 57.4 Å². The molecule has 0 aliphatic carbocycles. The van der Waals surface area contributed by atoms with Crippen molar-refractivity contribution in [2.75, 3.05) is 26.2 Å². The molecule has 1 aliphatic rings. The van der Waals surface area contributed by atoms with E-state index in [9.17, 15) is 17.6 Å². The van der Waals surface area contributed by atoms with Gasteiger partial charge in [-0.1, -0.05) is 12.1 Å². The predicted molar refractivity (Wildman–Crippen MR) is 112 cm³/mol. The zero-order valence-electron chi connectivity index (χ0n) is 17.0. The number of sulfonamides is 1. The second kappa shape index (κ2) is 8.56. The summed E-state index contributed by atoms with van der Waals surface area (Å²) >= 11 is 0. The molecule has 1 saturated heterocycles. The average molecular weight is 444 g/mol. The van der Waals surface area contributed by atoms with Crippen molar-refractivity contribution >= 4 is 15.9 Å². The molecule has 0 radical (unpaired) electrons. The van der Waals surface area contributed by atoms with E-state index < -0.39 is 10.0 Å². The second-order valence-electron chi connectivity index (χ2n) is 7.35. The van der Waals surface area contributed by atoms with E-state index in [1.165, 1.54) is 27.3 Å². The predicted octanol–water partition coefficient (Wildman–Crippen LogP) is 1.70. The van der Waals surface area contributed by atoms with Crippen LogP contribution in [0.25, 0.3) is 11.3 Å². The third-order valence-corrected chi connectivity index (χ3v) is 7.08. The van der Waals surface area contributed by atoms with E-state index in [2.05, 4.69) is 10.1 Å². The van der Waals surface area contributed by atoms with Crippen LogP contribution in [0.5, 0.6) is 0 Å². The summed E-state index contributed by atoms with van der Waals surface area (Å²) in [5.74, 6) is -0.540.